The van der Waals surface area contributed by atoms with Gasteiger partial charge in [0.2, 0.25) is 5.78 Å². The summed E-state index contributed by atoms with van der Waals surface area (Å²) in [6.45, 7) is -0.326. The summed E-state index contributed by atoms with van der Waals surface area (Å²) >= 11 is 1.29. The Morgan fingerprint density at radius 3 is 2.61 bits per heavy atom. The van der Waals surface area contributed by atoms with Crippen molar-refractivity contribution in [2.75, 3.05) is 6.61 Å². The molecule has 0 aliphatic carbocycles. The van der Waals surface area contributed by atoms with Crippen molar-refractivity contribution in [2.45, 2.75) is 0 Å². The van der Waals surface area contributed by atoms with Gasteiger partial charge in [0.05, 0.1) is 4.88 Å². The lowest BCUT2D eigenvalue weighted by Crippen LogP contribution is -2.13. The van der Waals surface area contributed by atoms with Crippen LogP contribution in [0.3, 0.4) is 0 Å². The van der Waals surface area contributed by atoms with Crippen LogP contribution >= 0.6 is 11.3 Å². The Bertz CT molecular complexity index is 560. The minimum Gasteiger partial charge on any atom is -0.507 e. The van der Waals surface area contributed by atoms with E-state index in [0.717, 1.165) is 0 Å². The van der Waals surface area contributed by atoms with Crippen LogP contribution in [0.2, 0.25) is 0 Å². The molecule has 2 rings (SSSR count). The van der Waals surface area contributed by atoms with Gasteiger partial charge in [-0.15, -0.1) is 11.3 Å². The molecule has 1 aromatic heterocycles. The summed E-state index contributed by atoms with van der Waals surface area (Å²) in [6.07, 6.45) is 0. The highest BCUT2D eigenvalue weighted by molar-refractivity contribution is 7.12. The van der Waals surface area contributed by atoms with Gasteiger partial charge in [0.1, 0.15) is 11.3 Å². The van der Waals surface area contributed by atoms with Crippen LogP contribution in [0, 0.1) is 0 Å². The molecule has 0 fully saturated rings. The largest absolute Gasteiger partial charge is 0.507 e. The standard InChI is InChI=1S/C13H10O4S/c14-10-5-2-1-4-9(10)13(16)17-8-11(15)12-6-3-7-18-12/h1-7,14H,8H2. The van der Waals surface area contributed by atoms with Crippen molar-refractivity contribution in [1.29, 1.82) is 0 Å². The molecule has 4 nitrogen and oxygen atoms in total. The summed E-state index contributed by atoms with van der Waals surface area (Å²) in [5.74, 6) is -1.13. The van der Waals surface area contributed by atoms with Gasteiger partial charge in [0.25, 0.3) is 0 Å². The Balaban J connectivity index is 1.97. The zero-order chi connectivity index (χ0) is 13.0. The average Bonchev–Trinajstić information content (AvgIpc) is 2.90. The molecule has 0 unspecified atom stereocenters. The number of benzene rings is 1. The molecule has 1 heterocycles. The topological polar surface area (TPSA) is 63.6 Å². The molecule has 5 heteroatoms. The number of phenolic OH excluding ortho intramolecular Hbond substituents is 1. The lowest BCUT2D eigenvalue weighted by molar-refractivity contribution is 0.0473. The van der Waals surface area contributed by atoms with E-state index in [-0.39, 0.29) is 23.7 Å². The molecule has 0 radical (unpaired) electrons. The van der Waals surface area contributed by atoms with E-state index in [0.29, 0.717) is 4.88 Å². The van der Waals surface area contributed by atoms with Gasteiger partial charge in [-0.3, -0.25) is 4.79 Å². The fourth-order valence-electron chi connectivity index (χ4n) is 1.36. The SMILES string of the molecule is O=C(COC(=O)c1ccccc1O)c1cccs1. The Morgan fingerprint density at radius 1 is 1.17 bits per heavy atom. The molecule has 0 saturated heterocycles. The summed E-state index contributed by atoms with van der Waals surface area (Å²) in [5, 5.41) is 11.2. The van der Waals surface area contributed by atoms with Crippen molar-refractivity contribution in [3.05, 3.63) is 52.2 Å². The number of hydrogen-bond donors (Lipinski definition) is 1. The van der Waals surface area contributed by atoms with Crippen LogP contribution in [0.5, 0.6) is 5.75 Å². The third-order valence-electron chi connectivity index (χ3n) is 2.25. The van der Waals surface area contributed by atoms with Crippen molar-refractivity contribution >= 4 is 23.1 Å². The van der Waals surface area contributed by atoms with E-state index in [1.54, 1.807) is 29.6 Å². The van der Waals surface area contributed by atoms with Crippen molar-refractivity contribution < 1.29 is 19.4 Å². The molecular weight excluding hydrogens is 252 g/mol. The number of para-hydroxylation sites is 1. The highest BCUT2D eigenvalue weighted by atomic mass is 32.1. The maximum atomic E-state index is 11.6. The molecule has 1 N–H and O–H groups in total. The Labute approximate surface area is 107 Å². The Kier molecular flexibility index (Phi) is 3.74. The molecule has 0 saturated carbocycles. The summed E-state index contributed by atoms with van der Waals surface area (Å²) in [4.78, 5) is 23.7. The number of ketones is 1. The fourth-order valence-corrected chi connectivity index (χ4v) is 2.01. The van der Waals surface area contributed by atoms with Gasteiger partial charge in [-0.25, -0.2) is 4.79 Å². The van der Waals surface area contributed by atoms with Gasteiger partial charge in [0.15, 0.2) is 6.61 Å². The first kappa shape index (κ1) is 12.3. The smallest absolute Gasteiger partial charge is 0.342 e. The van der Waals surface area contributed by atoms with Gasteiger partial charge in [-0.05, 0) is 23.6 Å². The van der Waals surface area contributed by atoms with Gasteiger partial charge in [-0.2, -0.15) is 0 Å². The van der Waals surface area contributed by atoms with E-state index in [1.165, 1.54) is 23.5 Å². The number of thiophene rings is 1. The second-order valence-electron chi connectivity index (χ2n) is 3.49. The predicted octanol–water partition coefficient (Wildman–Crippen LogP) is 2.49. The first-order valence-corrected chi connectivity index (χ1v) is 6.08. The molecule has 0 amide bonds. The highest BCUT2D eigenvalue weighted by Gasteiger charge is 2.14. The summed E-state index contributed by atoms with van der Waals surface area (Å²) in [6, 6.07) is 9.45. The van der Waals surface area contributed by atoms with Crippen LogP contribution in [-0.4, -0.2) is 23.5 Å². The normalized spacial score (nSPS) is 10.0. The van der Waals surface area contributed by atoms with Crippen LogP contribution in [0.15, 0.2) is 41.8 Å². The number of carbonyl (C=O) groups excluding carboxylic acids is 2. The van der Waals surface area contributed by atoms with Gasteiger partial charge in [0, 0.05) is 0 Å². The van der Waals surface area contributed by atoms with Gasteiger partial charge < -0.3 is 9.84 Å². The number of ether oxygens (including phenoxy) is 1. The second-order valence-corrected chi connectivity index (χ2v) is 4.44. The van der Waals surface area contributed by atoms with Crippen LogP contribution in [0.1, 0.15) is 20.0 Å². The summed E-state index contributed by atoms with van der Waals surface area (Å²) in [7, 11) is 0. The quantitative estimate of drug-likeness (QED) is 0.679. The van der Waals surface area contributed by atoms with E-state index < -0.39 is 5.97 Å². The maximum Gasteiger partial charge on any atom is 0.342 e. The molecule has 0 aliphatic heterocycles. The van der Waals surface area contributed by atoms with Crippen LogP contribution in [-0.2, 0) is 4.74 Å². The van der Waals surface area contributed by atoms with Gasteiger partial charge >= 0.3 is 5.97 Å². The van der Waals surface area contributed by atoms with E-state index in [2.05, 4.69) is 0 Å². The first-order valence-electron chi connectivity index (χ1n) is 5.20. The van der Waals surface area contributed by atoms with Gasteiger partial charge in [-0.1, -0.05) is 18.2 Å². The minimum absolute atomic E-state index is 0.0523. The van der Waals surface area contributed by atoms with E-state index >= 15 is 0 Å². The maximum absolute atomic E-state index is 11.6. The number of Topliss-reactive ketones (excluding diaryl/α,β-unsaturated/α-hetero) is 1. The Morgan fingerprint density at radius 2 is 1.94 bits per heavy atom. The van der Waals surface area contributed by atoms with E-state index in [9.17, 15) is 14.7 Å². The van der Waals surface area contributed by atoms with Crippen LogP contribution < -0.4 is 0 Å². The number of aromatic hydroxyl groups is 1. The number of hydrogen-bond acceptors (Lipinski definition) is 5. The number of carbonyl (C=O) groups is 2. The zero-order valence-electron chi connectivity index (χ0n) is 9.33. The fraction of sp³-hybridized carbons (Fsp3) is 0.0769. The van der Waals surface area contributed by atoms with E-state index in [1.807, 2.05) is 0 Å². The first-order chi connectivity index (χ1) is 8.68. The van der Waals surface area contributed by atoms with Crippen molar-refractivity contribution in [2.24, 2.45) is 0 Å². The van der Waals surface area contributed by atoms with Crippen molar-refractivity contribution in [3.8, 4) is 5.75 Å². The average molecular weight is 262 g/mol. The molecule has 2 aromatic rings. The molecular formula is C13H10O4S. The molecule has 92 valence electrons. The Hall–Kier alpha value is -2.14. The molecule has 0 spiro atoms. The monoisotopic (exact) mass is 262 g/mol. The molecule has 0 atom stereocenters. The predicted molar refractivity (Wildman–Crippen MR) is 67.0 cm³/mol. The molecule has 0 bridgehead atoms. The molecule has 1 aromatic carbocycles. The summed E-state index contributed by atoms with van der Waals surface area (Å²) < 4.78 is 4.85. The molecule has 0 aliphatic rings. The highest BCUT2D eigenvalue weighted by Crippen LogP contribution is 2.17. The number of esters is 1. The van der Waals surface area contributed by atoms with Crippen LogP contribution in [0.25, 0.3) is 0 Å². The van der Waals surface area contributed by atoms with Crippen molar-refractivity contribution in [3.63, 3.8) is 0 Å². The third kappa shape index (κ3) is 2.75. The van der Waals surface area contributed by atoms with Crippen molar-refractivity contribution in [1.82, 2.24) is 0 Å². The second kappa shape index (κ2) is 5.46. The lowest BCUT2D eigenvalue weighted by atomic mass is 10.2. The number of rotatable bonds is 4. The minimum atomic E-state index is -0.710. The van der Waals surface area contributed by atoms with Crippen LogP contribution in [0.4, 0.5) is 0 Å². The lowest BCUT2D eigenvalue weighted by Gasteiger charge is -2.04. The summed E-state index contributed by atoms with van der Waals surface area (Å²) in [5.41, 5.74) is 0.0523. The third-order valence-corrected chi connectivity index (χ3v) is 3.17. The molecule has 18 heavy (non-hydrogen) atoms. The number of phenols is 1. The van der Waals surface area contributed by atoms with E-state index in [4.69, 9.17) is 4.74 Å². The zero-order valence-corrected chi connectivity index (χ0v) is 10.1.